The summed E-state index contributed by atoms with van der Waals surface area (Å²) in [6, 6.07) is 19.6. The van der Waals surface area contributed by atoms with Crippen LogP contribution in [0.4, 0.5) is 4.79 Å². The zero-order valence-electron chi connectivity index (χ0n) is 20.7. The number of aryl methyl sites for hydroxylation is 1. The minimum atomic E-state index is -1.39. The van der Waals surface area contributed by atoms with E-state index in [1.54, 1.807) is 44.4 Å². The molecule has 2 N–H and O–H groups in total. The number of imide groups is 1. The number of carbonyl (C=O) groups is 2. The molecular weight excluding hydrogens is 474 g/mol. The Bertz CT molecular complexity index is 1520. The second-order valence-corrected chi connectivity index (χ2v) is 8.60. The Kier molecular flexibility index (Phi) is 7.57. The number of fused-ring (bicyclic) bond motifs is 1. The fraction of sp³-hybridized carbons (Fsp3) is 0.207. The highest BCUT2D eigenvalue weighted by atomic mass is 16.5. The molecule has 4 aromatic rings. The monoisotopic (exact) mass is 501 g/mol. The van der Waals surface area contributed by atoms with Gasteiger partial charge in [-0.3, -0.25) is 10.1 Å². The van der Waals surface area contributed by atoms with Crippen LogP contribution in [0.25, 0.3) is 22.1 Å². The quantitative estimate of drug-likeness (QED) is 0.280. The molecule has 3 aromatic carbocycles. The molecular formula is C29H27NO7. The van der Waals surface area contributed by atoms with Crippen LogP contribution in [0.5, 0.6) is 17.2 Å². The van der Waals surface area contributed by atoms with Crippen LogP contribution in [0.2, 0.25) is 0 Å². The van der Waals surface area contributed by atoms with Crippen molar-refractivity contribution in [3.8, 4) is 28.4 Å². The Morgan fingerprint density at radius 3 is 2.57 bits per heavy atom. The maximum Gasteiger partial charge on any atom is 0.411 e. The summed E-state index contributed by atoms with van der Waals surface area (Å²) in [7, 11) is 1.56. The van der Waals surface area contributed by atoms with Crippen molar-refractivity contribution in [3.05, 3.63) is 88.3 Å². The van der Waals surface area contributed by atoms with E-state index in [4.69, 9.17) is 19.0 Å². The van der Waals surface area contributed by atoms with Crippen LogP contribution in [0, 0.1) is 0 Å². The molecule has 2 amide bonds. The van der Waals surface area contributed by atoms with Crippen LogP contribution in [0.3, 0.4) is 0 Å². The highest BCUT2D eigenvalue weighted by Crippen LogP contribution is 2.35. The summed E-state index contributed by atoms with van der Waals surface area (Å²) in [5.74, 6) is 0.488. The lowest BCUT2D eigenvalue weighted by molar-refractivity contribution is -0.121. The van der Waals surface area contributed by atoms with E-state index in [9.17, 15) is 14.4 Å². The van der Waals surface area contributed by atoms with Crippen LogP contribution in [0.1, 0.15) is 37.3 Å². The number of methoxy groups -OCH3 is 1. The van der Waals surface area contributed by atoms with E-state index >= 15 is 0 Å². The van der Waals surface area contributed by atoms with Gasteiger partial charge in [0.25, 0.3) is 0 Å². The second kappa shape index (κ2) is 11.0. The van der Waals surface area contributed by atoms with Gasteiger partial charge in [0.15, 0.2) is 0 Å². The molecule has 0 saturated carbocycles. The summed E-state index contributed by atoms with van der Waals surface area (Å²) >= 11 is 0. The molecule has 4 rings (SSSR count). The van der Waals surface area contributed by atoms with Gasteiger partial charge in [0.1, 0.15) is 22.8 Å². The average Bonchev–Trinajstić information content (AvgIpc) is 2.88. The molecule has 0 aliphatic heterocycles. The molecule has 1 aromatic heterocycles. The number of carbonyl (C=O) groups excluding carboxylic acids is 1. The van der Waals surface area contributed by atoms with E-state index in [1.165, 1.54) is 6.07 Å². The normalized spacial score (nSPS) is 11.6. The number of rotatable bonds is 8. The van der Waals surface area contributed by atoms with Gasteiger partial charge in [-0.1, -0.05) is 31.5 Å². The topological polar surface area (TPSA) is 115 Å². The van der Waals surface area contributed by atoms with Crippen LogP contribution in [-0.4, -0.2) is 24.2 Å². The lowest BCUT2D eigenvalue weighted by atomic mass is 9.97. The first-order valence-corrected chi connectivity index (χ1v) is 11.9. The zero-order chi connectivity index (χ0) is 26.5. The second-order valence-electron chi connectivity index (χ2n) is 8.60. The molecule has 0 spiro atoms. The summed E-state index contributed by atoms with van der Waals surface area (Å²) in [6.07, 6.45) is 0.228. The number of nitrogens with one attached hydrogen (secondary N) is 1. The van der Waals surface area contributed by atoms with Crippen molar-refractivity contribution in [1.82, 2.24) is 5.32 Å². The van der Waals surface area contributed by atoms with E-state index in [2.05, 4.69) is 6.92 Å². The lowest BCUT2D eigenvalue weighted by Gasteiger charge is -2.15. The Labute approximate surface area is 213 Å². The van der Waals surface area contributed by atoms with Crippen molar-refractivity contribution in [3.63, 3.8) is 0 Å². The zero-order valence-corrected chi connectivity index (χ0v) is 20.7. The third-order valence-electron chi connectivity index (χ3n) is 6.05. The predicted molar refractivity (Wildman–Crippen MR) is 140 cm³/mol. The third-order valence-corrected chi connectivity index (χ3v) is 6.05. The Morgan fingerprint density at radius 1 is 1.03 bits per heavy atom. The molecule has 0 saturated heterocycles. The molecule has 0 aliphatic rings. The molecule has 8 heteroatoms. The highest BCUT2D eigenvalue weighted by molar-refractivity contribution is 5.95. The lowest BCUT2D eigenvalue weighted by Crippen LogP contribution is -2.32. The van der Waals surface area contributed by atoms with Gasteiger partial charge in [0.05, 0.1) is 13.0 Å². The summed E-state index contributed by atoms with van der Waals surface area (Å²) in [6.45, 7) is 3.70. The minimum absolute atomic E-state index is 0.442. The third kappa shape index (κ3) is 5.81. The molecule has 0 radical (unpaired) electrons. The van der Waals surface area contributed by atoms with Crippen LogP contribution >= 0.6 is 0 Å². The van der Waals surface area contributed by atoms with Gasteiger partial charge in [-0.15, -0.1) is 0 Å². The summed E-state index contributed by atoms with van der Waals surface area (Å²) < 4.78 is 16.9. The van der Waals surface area contributed by atoms with E-state index < -0.39 is 23.5 Å². The van der Waals surface area contributed by atoms with Crippen LogP contribution < -0.4 is 20.4 Å². The molecule has 0 fully saturated rings. The Morgan fingerprint density at radius 2 is 1.84 bits per heavy atom. The van der Waals surface area contributed by atoms with Crippen molar-refractivity contribution in [2.75, 3.05) is 7.11 Å². The largest absolute Gasteiger partial charge is 0.497 e. The van der Waals surface area contributed by atoms with Gasteiger partial charge in [0, 0.05) is 17.5 Å². The maximum atomic E-state index is 12.3. The smallest absolute Gasteiger partial charge is 0.411 e. The molecule has 190 valence electrons. The van der Waals surface area contributed by atoms with Crippen molar-refractivity contribution in [1.29, 1.82) is 0 Å². The van der Waals surface area contributed by atoms with Crippen molar-refractivity contribution < 1.29 is 28.6 Å². The number of hydrogen-bond acceptors (Lipinski definition) is 6. The summed E-state index contributed by atoms with van der Waals surface area (Å²) in [4.78, 5) is 35.2. The number of ether oxygens (including phenoxy) is 2. The standard InChI is InChI=1S/C29H27NO7/c1-4-6-20-13-19(24-16-27(31)37-26-15-21(35-3)10-11-23(24)26)9-12-25(20)36-22-8-5-7-18(14-22)17(2)28(32)30-29(33)34/h5,7-17H,4,6H2,1-3H3,(H,30,32)(H,33,34). The van der Waals surface area contributed by atoms with Crippen molar-refractivity contribution >= 4 is 23.0 Å². The number of carboxylic acid groups (broad SMARTS) is 1. The minimum Gasteiger partial charge on any atom is -0.497 e. The van der Waals surface area contributed by atoms with Crippen molar-refractivity contribution in [2.24, 2.45) is 0 Å². The fourth-order valence-corrected chi connectivity index (χ4v) is 4.16. The van der Waals surface area contributed by atoms with E-state index in [0.29, 0.717) is 28.4 Å². The highest BCUT2D eigenvalue weighted by Gasteiger charge is 2.18. The number of hydrogen-bond donors (Lipinski definition) is 2. The Balaban J connectivity index is 1.68. The fourth-order valence-electron chi connectivity index (χ4n) is 4.16. The molecule has 1 unspecified atom stereocenters. The van der Waals surface area contributed by atoms with Crippen LogP contribution in [-0.2, 0) is 11.2 Å². The molecule has 1 heterocycles. The van der Waals surface area contributed by atoms with Crippen LogP contribution in [0.15, 0.2) is 75.9 Å². The Hall–Kier alpha value is -4.59. The van der Waals surface area contributed by atoms with E-state index in [1.807, 2.05) is 35.6 Å². The molecule has 0 bridgehead atoms. The van der Waals surface area contributed by atoms with Gasteiger partial charge in [-0.05, 0) is 72.0 Å². The molecule has 8 nitrogen and oxygen atoms in total. The number of amides is 2. The first-order valence-electron chi connectivity index (χ1n) is 11.9. The first-order chi connectivity index (χ1) is 17.8. The SMILES string of the molecule is CCCc1cc(-c2cc(=O)oc3cc(OC)ccc23)ccc1Oc1cccc(C(C)C(=O)NC(=O)O)c1. The van der Waals surface area contributed by atoms with Gasteiger partial charge in [0.2, 0.25) is 5.91 Å². The number of benzene rings is 3. The molecule has 1 atom stereocenters. The van der Waals surface area contributed by atoms with Gasteiger partial charge in [-0.25, -0.2) is 9.59 Å². The predicted octanol–water partition coefficient (Wildman–Crippen LogP) is 6.11. The summed E-state index contributed by atoms with van der Waals surface area (Å²) in [5.41, 5.74) is 3.17. The average molecular weight is 502 g/mol. The van der Waals surface area contributed by atoms with Gasteiger partial charge >= 0.3 is 11.7 Å². The summed E-state index contributed by atoms with van der Waals surface area (Å²) in [5, 5.41) is 11.5. The van der Waals surface area contributed by atoms with Gasteiger partial charge in [-0.2, -0.15) is 0 Å². The van der Waals surface area contributed by atoms with E-state index in [0.717, 1.165) is 34.9 Å². The van der Waals surface area contributed by atoms with Crippen molar-refractivity contribution in [2.45, 2.75) is 32.6 Å². The van der Waals surface area contributed by atoms with E-state index in [-0.39, 0.29) is 0 Å². The maximum absolute atomic E-state index is 12.3. The molecule has 37 heavy (non-hydrogen) atoms. The van der Waals surface area contributed by atoms with Gasteiger partial charge < -0.3 is 19.0 Å². The molecule has 0 aliphatic carbocycles. The first kappa shape index (κ1) is 25.5.